The van der Waals surface area contributed by atoms with E-state index in [1.165, 1.54) is 11.3 Å². The van der Waals surface area contributed by atoms with Gasteiger partial charge in [0.25, 0.3) is 5.91 Å². The molecule has 0 atom stereocenters. The molecule has 0 spiro atoms. The minimum absolute atomic E-state index is 0.0821. The number of benzene rings is 1. The molecule has 3 heterocycles. The number of hydrogen-bond acceptors (Lipinski definition) is 4. The van der Waals surface area contributed by atoms with Crippen LogP contribution in [0.2, 0.25) is 4.34 Å². The van der Waals surface area contributed by atoms with Gasteiger partial charge in [-0.2, -0.15) is 0 Å². The molecule has 0 saturated carbocycles. The van der Waals surface area contributed by atoms with Gasteiger partial charge in [-0.15, -0.1) is 11.3 Å². The molecule has 1 N–H and O–H groups in total. The van der Waals surface area contributed by atoms with Crippen molar-refractivity contribution < 1.29 is 14.7 Å². The molecule has 3 aromatic rings. The van der Waals surface area contributed by atoms with Crippen LogP contribution in [0.25, 0.3) is 21.5 Å². The summed E-state index contributed by atoms with van der Waals surface area (Å²) in [7, 11) is 0. The van der Waals surface area contributed by atoms with Gasteiger partial charge in [-0.25, -0.2) is 4.98 Å². The van der Waals surface area contributed by atoms with Gasteiger partial charge in [-0.3, -0.25) is 9.59 Å². The quantitative estimate of drug-likeness (QED) is 0.699. The number of aromatic nitrogens is 1. The number of likely N-dealkylation sites (tertiary alicyclic amines) is 1. The standard InChI is InChI=1S/C20H17ClN2O3S/c21-18-6-5-17(27-18)16-11-14(13-3-1-2-4-15(13)22-16)19(24)23-9-7-12(8-10-23)20(25)26/h1-6,11-12H,7-10H2,(H,25,26). The third-order valence-corrected chi connectivity index (χ3v) is 6.16. The Hall–Kier alpha value is -2.44. The summed E-state index contributed by atoms with van der Waals surface area (Å²) >= 11 is 7.48. The zero-order chi connectivity index (χ0) is 19.0. The normalized spacial score (nSPS) is 15.2. The second-order valence-electron chi connectivity index (χ2n) is 6.58. The molecule has 2 aromatic heterocycles. The molecule has 0 unspecified atom stereocenters. The van der Waals surface area contributed by atoms with Crippen LogP contribution in [0.5, 0.6) is 0 Å². The van der Waals surface area contributed by atoms with Crippen LogP contribution in [0.4, 0.5) is 0 Å². The first kappa shape index (κ1) is 17.9. The first-order valence-corrected chi connectivity index (χ1v) is 9.90. The van der Waals surface area contributed by atoms with Crippen molar-refractivity contribution in [2.24, 2.45) is 5.92 Å². The van der Waals surface area contributed by atoms with Gasteiger partial charge in [0.05, 0.1) is 31.9 Å². The third-order valence-electron chi connectivity index (χ3n) is 4.90. The largest absolute Gasteiger partial charge is 0.481 e. The van der Waals surface area contributed by atoms with E-state index in [-0.39, 0.29) is 11.8 Å². The highest BCUT2D eigenvalue weighted by Gasteiger charge is 2.28. The minimum atomic E-state index is -0.784. The minimum Gasteiger partial charge on any atom is -0.481 e. The summed E-state index contributed by atoms with van der Waals surface area (Å²) in [4.78, 5) is 31.7. The highest BCUT2D eigenvalue weighted by Crippen LogP contribution is 2.33. The van der Waals surface area contributed by atoms with Gasteiger partial charge in [0, 0.05) is 18.5 Å². The van der Waals surface area contributed by atoms with Gasteiger partial charge in [-0.1, -0.05) is 29.8 Å². The number of nitrogens with zero attached hydrogens (tertiary/aromatic N) is 2. The molecule has 7 heteroatoms. The maximum atomic E-state index is 13.2. The predicted molar refractivity (Wildman–Crippen MR) is 106 cm³/mol. The highest BCUT2D eigenvalue weighted by atomic mass is 35.5. The monoisotopic (exact) mass is 400 g/mol. The second kappa shape index (κ2) is 7.29. The van der Waals surface area contributed by atoms with E-state index in [9.17, 15) is 9.59 Å². The number of rotatable bonds is 3. The number of thiophene rings is 1. The van der Waals surface area contributed by atoms with Crippen molar-refractivity contribution in [3.8, 4) is 10.6 Å². The lowest BCUT2D eigenvalue weighted by Crippen LogP contribution is -2.40. The zero-order valence-corrected chi connectivity index (χ0v) is 16.0. The molecule has 1 fully saturated rings. The van der Waals surface area contributed by atoms with Crippen molar-refractivity contribution in [1.82, 2.24) is 9.88 Å². The van der Waals surface area contributed by atoms with E-state index >= 15 is 0 Å². The van der Waals surface area contributed by atoms with Crippen LogP contribution in [-0.4, -0.2) is 40.0 Å². The smallest absolute Gasteiger partial charge is 0.306 e. The van der Waals surface area contributed by atoms with Crippen molar-refractivity contribution in [3.63, 3.8) is 0 Å². The number of fused-ring (bicyclic) bond motifs is 1. The van der Waals surface area contributed by atoms with Crippen LogP contribution < -0.4 is 0 Å². The van der Waals surface area contributed by atoms with Gasteiger partial charge in [-0.05, 0) is 37.1 Å². The number of carboxylic acid groups (broad SMARTS) is 1. The Kier molecular flexibility index (Phi) is 4.85. The Bertz CT molecular complexity index is 1020. The average Bonchev–Trinajstić information content (AvgIpc) is 3.13. The maximum absolute atomic E-state index is 13.2. The van der Waals surface area contributed by atoms with E-state index in [0.717, 1.165) is 21.5 Å². The number of halogens is 1. The number of carbonyl (C=O) groups excluding carboxylic acids is 1. The molecule has 1 aromatic carbocycles. The van der Waals surface area contributed by atoms with Crippen molar-refractivity contribution in [2.75, 3.05) is 13.1 Å². The summed E-state index contributed by atoms with van der Waals surface area (Å²) in [5, 5.41) is 9.96. The summed E-state index contributed by atoms with van der Waals surface area (Å²) in [6.45, 7) is 0.902. The molecule has 138 valence electrons. The summed E-state index contributed by atoms with van der Waals surface area (Å²) in [6, 6.07) is 13.1. The summed E-state index contributed by atoms with van der Waals surface area (Å²) in [5.41, 5.74) is 2.06. The molecule has 1 aliphatic rings. The molecule has 5 nitrogen and oxygen atoms in total. The Morgan fingerprint density at radius 1 is 1.15 bits per heavy atom. The molecular weight excluding hydrogens is 384 g/mol. The number of carboxylic acids is 1. The van der Waals surface area contributed by atoms with Gasteiger partial charge in [0.15, 0.2) is 0 Å². The van der Waals surface area contributed by atoms with Crippen LogP contribution in [0, 0.1) is 5.92 Å². The highest BCUT2D eigenvalue weighted by molar-refractivity contribution is 7.19. The predicted octanol–water partition coefficient (Wildman–Crippen LogP) is 4.55. The fraction of sp³-hybridized carbons (Fsp3) is 0.250. The molecule has 1 saturated heterocycles. The first-order valence-electron chi connectivity index (χ1n) is 8.70. The average molecular weight is 401 g/mol. The summed E-state index contributed by atoms with van der Waals surface area (Å²) < 4.78 is 0.670. The fourth-order valence-electron chi connectivity index (χ4n) is 3.43. The Balaban J connectivity index is 1.72. The van der Waals surface area contributed by atoms with Crippen LogP contribution in [-0.2, 0) is 4.79 Å². The lowest BCUT2D eigenvalue weighted by molar-refractivity contribution is -0.143. The van der Waals surface area contributed by atoms with Gasteiger partial charge in [0.1, 0.15) is 0 Å². The first-order chi connectivity index (χ1) is 13.0. The topological polar surface area (TPSA) is 70.5 Å². The molecular formula is C20H17ClN2O3S. The number of aliphatic carboxylic acids is 1. The molecule has 1 aliphatic heterocycles. The lowest BCUT2D eigenvalue weighted by atomic mass is 9.96. The molecule has 0 aliphatic carbocycles. The Labute approximate surface area is 165 Å². The molecule has 27 heavy (non-hydrogen) atoms. The lowest BCUT2D eigenvalue weighted by Gasteiger charge is -2.30. The fourth-order valence-corrected chi connectivity index (χ4v) is 4.43. The Morgan fingerprint density at radius 2 is 1.89 bits per heavy atom. The second-order valence-corrected chi connectivity index (χ2v) is 8.30. The van der Waals surface area contributed by atoms with Crippen LogP contribution in [0.3, 0.4) is 0 Å². The van der Waals surface area contributed by atoms with E-state index in [1.54, 1.807) is 4.90 Å². The van der Waals surface area contributed by atoms with E-state index in [2.05, 4.69) is 4.98 Å². The van der Waals surface area contributed by atoms with Crippen LogP contribution in [0.1, 0.15) is 23.2 Å². The molecule has 4 rings (SSSR count). The number of amides is 1. The van der Waals surface area contributed by atoms with Crippen molar-refractivity contribution in [1.29, 1.82) is 0 Å². The number of piperidine rings is 1. The summed E-state index contributed by atoms with van der Waals surface area (Å²) in [5.74, 6) is -1.23. The van der Waals surface area contributed by atoms with Gasteiger partial charge < -0.3 is 10.0 Å². The number of hydrogen-bond donors (Lipinski definition) is 1. The number of carbonyl (C=O) groups is 2. The zero-order valence-electron chi connectivity index (χ0n) is 14.4. The van der Waals surface area contributed by atoms with Crippen molar-refractivity contribution in [3.05, 3.63) is 52.4 Å². The van der Waals surface area contributed by atoms with Crippen LogP contribution in [0.15, 0.2) is 42.5 Å². The molecule has 1 amide bonds. The SMILES string of the molecule is O=C(O)C1CCN(C(=O)c2cc(-c3ccc(Cl)s3)nc3ccccc23)CC1. The Morgan fingerprint density at radius 3 is 2.56 bits per heavy atom. The number of pyridine rings is 1. The third kappa shape index (κ3) is 3.55. The number of para-hydroxylation sites is 1. The van der Waals surface area contributed by atoms with Gasteiger partial charge in [0.2, 0.25) is 0 Å². The van der Waals surface area contributed by atoms with Crippen LogP contribution >= 0.6 is 22.9 Å². The maximum Gasteiger partial charge on any atom is 0.306 e. The van der Waals surface area contributed by atoms with Crippen molar-refractivity contribution >= 4 is 45.7 Å². The van der Waals surface area contributed by atoms with Gasteiger partial charge >= 0.3 is 5.97 Å². The molecule has 0 radical (unpaired) electrons. The van der Waals surface area contributed by atoms with E-state index in [0.29, 0.717) is 35.8 Å². The van der Waals surface area contributed by atoms with E-state index < -0.39 is 5.97 Å². The van der Waals surface area contributed by atoms with E-state index in [4.69, 9.17) is 16.7 Å². The van der Waals surface area contributed by atoms with E-state index in [1.807, 2.05) is 42.5 Å². The molecule has 0 bridgehead atoms. The summed E-state index contributed by atoms with van der Waals surface area (Å²) in [6.07, 6.45) is 0.967. The van der Waals surface area contributed by atoms with Crippen molar-refractivity contribution in [2.45, 2.75) is 12.8 Å².